The van der Waals surface area contributed by atoms with Crippen LogP contribution in [0, 0.1) is 12.8 Å². The maximum absolute atomic E-state index is 5.90. The van der Waals surface area contributed by atoms with E-state index < -0.39 is 0 Å². The third kappa shape index (κ3) is 6.90. The second-order valence-electron chi connectivity index (χ2n) is 6.23. The van der Waals surface area contributed by atoms with E-state index in [0.29, 0.717) is 18.4 Å². The van der Waals surface area contributed by atoms with Gasteiger partial charge in [-0.3, -0.25) is 0 Å². The van der Waals surface area contributed by atoms with Gasteiger partial charge in [0.15, 0.2) is 5.96 Å². The largest absolute Gasteiger partial charge is 0.370 e. The highest BCUT2D eigenvalue weighted by Crippen LogP contribution is 2.09. The number of guanidine groups is 1. The molecule has 0 fully saturated rings. The highest BCUT2D eigenvalue weighted by molar-refractivity contribution is 14.0. The Morgan fingerprint density at radius 3 is 2.75 bits per heavy atom. The van der Waals surface area contributed by atoms with Gasteiger partial charge in [-0.15, -0.1) is 24.0 Å². The summed E-state index contributed by atoms with van der Waals surface area (Å²) in [6.07, 6.45) is 4.92. The third-order valence-corrected chi connectivity index (χ3v) is 3.73. The van der Waals surface area contributed by atoms with E-state index in [-0.39, 0.29) is 24.0 Å². The van der Waals surface area contributed by atoms with Crippen LogP contribution < -0.4 is 11.1 Å². The molecule has 0 saturated heterocycles. The first-order valence-corrected chi connectivity index (χ1v) is 8.14. The molecule has 0 saturated carbocycles. The van der Waals surface area contributed by atoms with Crippen LogP contribution in [0.15, 0.2) is 41.7 Å². The molecule has 0 bridgehead atoms. The number of benzene rings is 1. The third-order valence-electron chi connectivity index (χ3n) is 3.73. The Hall–Kier alpha value is -1.57. The Morgan fingerprint density at radius 2 is 2.08 bits per heavy atom. The summed E-state index contributed by atoms with van der Waals surface area (Å²) in [4.78, 5) is 8.66. The number of nitrogens with one attached hydrogen (secondary N) is 1. The van der Waals surface area contributed by atoms with Gasteiger partial charge in [-0.25, -0.2) is 9.98 Å². The molecule has 0 spiro atoms. The van der Waals surface area contributed by atoms with Gasteiger partial charge in [0.1, 0.15) is 5.82 Å². The first-order valence-electron chi connectivity index (χ1n) is 8.14. The van der Waals surface area contributed by atoms with E-state index in [1.54, 1.807) is 0 Å². The van der Waals surface area contributed by atoms with Crippen molar-refractivity contribution in [3.8, 4) is 0 Å². The molecule has 0 unspecified atom stereocenters. The van der Waals surface area contributed by atoms with Crippen molar-refractivity contribution in [1.29, 1.82) is 0 Å². The van der Waals surface area contributed by atoms with Crippen molar-refractivity contribution < 1.29 is 0 Å². The van der Waals surface area contributed by atoms with Gasteiger partial charge in [-0.05, 0) is 30.4 Å². The molecule has 3 N–H and O–H groups in total. The minimum Gasteiger partial charge on any atom is -0.370 e. The van der Waals surface area contributed by atoms with Crippen LogP contribution in [0.2, 0.25) is 0 Å². The van der Waals surface area contributed by atoms with E-state index in [9.17, 15) is 0 Å². The first-order chi connectivity index (χ1) is 11.0. The van der Waals surface area contributed by atoms with Gasteiger partial charge in [-0.1, -0.05) is 38.1 Å². The van der Waals surface area contributed by atoms with E-state index in [1.165, 1.54) is 5.56 Å². The Labute approximate surface area is 161 Å². The number of nitrogens with zero attached hydrogens (tertiary/aromatic N) is 3. The van der Waals surface area contributed by atoms with Gasteiger partial charge in [0.25, 0.3) is 0 Å². The lowest BCUT2D eigenvalue weighted by molar-refractivity contribution is 0.576. The minimum absolute atomic E-state index is 0. The molecule has 0 atom stereocenters. The number of aliphatic imine (C=N–C) groups is 1. The zero-order valence-corrected chi connectivity index (χ0v) is 17.0. The number of nitrogens with two attached hydrogens (primary N) is 1. The summed E-state index contributed by atoms with van der Waals surface area (Å²) in [7, 11) is 0. The Bertz CT molecular complexity index is 648. The molecule has 24 heavy (non-hydrogen) atoms. The highest BCUT2D eigenvalue weighted by atomic mass is 127. The van der Waals surface area contributed by atoms with Crippen LogP contribution >= 0.6 is 24.0 Å². The normalized spacial score (nSPS) is 11.4. The second kappa shape index (κ2) is 10.3. The zero-order valence-electron chi connectivity index (χ0n) is 14.7. The summed E-state index contributed by atoms with van der Waals surface area (Å²) in [5.41, 5.74) is 8.30. The smallest absolute Gasteiger partial charge is 0.188 e. The van der Waals surface area contributed by atoms with Crippen LogP contribution in [0.1, 0.15) is 37.2 Å². The van der Waals surface area contributed by atoms with Crippen LogP contribution in [0.3, 0.4) is 0 Å². The van der Waals surface area contributed by atoms with E-state index >= 15 is 0 Å². The summed E-state index contributed by atoms with van der Waals surface area (Å²) in [6.45, 7) is 8.69. The van der Waals surface area contributed by atoms with Crippen LogP contribution in [-0.2, 0) is 13.1 Å². The number of hydrogen-bond acceptors (Lipinski definition) is 2. The topological polar surface area (TPSA) is 68.2 Å². The molecule has 6 heteroatoms. The molecule has 0 aliphatic rings. The number of aromatic nitrogens is 2. The molecule has 2 aromatic rings. The Balaban J connectivity index is 0.00000288. The predicted octanol–water partition coefficient (Wildman–Crippen LogP) is 3.31. The average Bonchev–Trinajstić information content (AvgIpc) is 2.90. The molecule has 0 aliphatic carbocycles. The van der Waals surface area contributed by atoms with Crippen LogP contribution in [0.25, 0.3) is 0 Å². The molecule has 1 aromatic heterocycles. The van der Waals surface area contributed by atoms with Crippen molar-refractivity contribution >= 4 is 29.9 Å². The molecular formula is C18H28IN5. The molecule has 0 radical (unpaired) electrons. The molecular weight excluding hydrogens is 413 g/mol. The fraction of sp³-hybridized carbons (Fsp3) is 0.444. The summed E-state index contributed by atoms with van der Waals surface area (Å²) in [5, 5.41) is 3.16. The van der Waals surface area contributed by atoms with Crippen LogP contribution in [0.4, 0.5) is 0 Å². The van der Waals surface area contributed by atoms with Gasteiger partial charge in [-0.2, -0.15) is 0 Å². The van der Waals surface area contributed by atoms with Crippen molar-refractivity contribution in [2.75, 3.05) is 6.54 Å². The molecule has 132 valence electrons. The molecule has 1 heterocycles. The summed E-state index contributed by atoms with van der Waals surface area (Å²) in [5.74, 6) is 2.20. The molecule has 1 aromatic carbocycles. The van der Waals surface area contributed by atoms with Gasteiger partial charge in [0.2, 0.25) is 0 Å². The van der Waals surface area contributed by atoms with Gasteiger partial charge >= 0.3 is 0 Å². The van der Waals surface area contributed by atoms with Crippen molar-refractivity contribution in [2.45, 2.75) is 40.3 Å². The number of hydrogen-bond donors (Lipinski definition) is 2. The SMILES string of the molecule is Cc1nccn1Cc1cccc(CN=C(N)NCCC(C)C)c1.I. The van der Waals surface area contributed by atoms with E-state index in [2.05, 4.69) is 58.0 Å². The zero-order chi connectivity index (χ0) is 16.7. The van der Waals surface area contributed by atoms with Crippen molar-refractivity contribution in [3.63, 3.8) is 0 Å². The first kappa shape index (κ1) is 20.5. The monoisotopic (exact) mass is 441 g/mol. The summed E-state index contributed by atoms with van der Waals surface area (Å²) in [6, 6.07) is 8.44. The van der Waals surface area contributed by atoms with E-state index in [1.807, 2.05) is 19.3 Å². The number of imidazole rings is 1. The second-order valence-corrected chi connectivity index (χ2v) is 6.23. The highest BCUT2D eigenvalue weighted by Gasteiger charge is 2.01. The molecule has 0 amide bonds. The predicted molar refractivity (Wildman–Crippen MR) is 111 cm³/mol. The van der Waals surface area contributed by atoms with E-state index in [4.69, 9.17) is 5.73 Å². The summed E-state index contributed by atoms with van der Waals surface area (Å²) >= 11 is 0. The maximum Gasteiger partial charge on any atom is 0.188 e. The van der Waals surface area contributed by atoms with Crippen LogP contribution in [-0.4, -0.2) is 22.1 Å². The van der Waals surface area contributed by atoms with Gasteiger partial charge < -0.3 is 15.6 Å². The van der Waals surface area contributed by atoms with E-state index in [0.717, 1.165) is 30.9 Å². The number of aryl methyl sites for hydroxylation is 1. The fourth-order valence-electron chi connectivity index (χ4n) is 2.32. The number of rotatable bonds is 7. The molecule has 2 rings (SSSR count). The van der Waals surface area contributed by atoms with Gasteiger partial charge in [0, 0.05) is 25.5 Å². The quantitative estimate of drug-likeness (QED) is 0.394. The van der Waals surface area contributed by atoms with Crippen molar-refractivity contribution in [2.24, 2.45) is 16.6 Å². The summed E-state index contributed by atoms with van der Waals surface area (Å²) < 4.78 is 2.13. The van der Waals surface area contributed by atoms with Crippen molar-refractivity contribution in [1.82, 2.24) is 14.9 Å². The van der Waals surface area contributed by atoms with Crippen LogP contribution in [0.5, 0.6) is 0 Å². The van der Waals surface area contributed by atoms with Crippen molar-refractivity contribution in [3.05, 3.63) is 53.6 Å². The Morgan fingerprint density at radius 1 is 1.33 bits per heavy atom. The average molecular weight is 441 g/mol. The molecule has 0 aliphatic heterocycles. The minimum atomic E-state index is 0. The standard InChI is InChI=1S/C18H27N5.HI/c1-14(2)7-8-21-18(19)22-12-16-5-4-6-17(11-16)13-23-10-9-20-15(23)3;/h4-6,9-11,14H,7-8,12-13H2,1-3H3,(H3,19,21,22);1H. The lowest BCUT2D eigenvalue weighted by Crippen LogP contribution is -2.32. The Kier molecular flexibility index (Phi) is 8.81. The fourth-order valence-corrected chi connectivity index (χ4v) is 2.32. The number of halogens is 1. The molecule has 5 nitrogen and oxygen atoms in total. The maximum atomic E-state index is 5.90. The lowest BCUT2D eigenvalue weighted by atomic mass is 10.1. The van der Waals surface area contributed by atoms with Gasteiger partial charge in [0.05, 0.1) is 6.54 Å². The lowest BCUT2D eigenvalue weighted by Gasteiger charge is -2.08.